The molecule has 186 valence electrons. The van der Waals surface area contributed by atoms with Crippen LogP contribution in [0.3, 0.4) is 0 Å². The molecule has 1 atom stereocenters. The van der Waals surface area contributed by atoms with Crippen molar-refractivity contribution in [3.63, 3.8) is 0 Å². The molecule has 0 saturated carbocycles. The Hall–Kier alpha value is -3.09. The predicted octanol–water partition coefficient (Wildman–Crippen LogP) is 4.90. The second-order valence-electron chi connectivity index (χ2n) is 8.05. The molecular weight excluding hydrogens is 500 g/mol. The lowest BCUT2D eigenvalue weighted by Gasteiger charge is -2.36. The van der Waals surface area contributed by atoms with E-state index < -0.39 is 38.5 Å². The first kappa shape index (κ1) is 25.0. The topological polar surface area (TPSA) is 100 Å². The van der Waals surface area contributed by atoms with Crippen molar-refractivity contribution in [2.45, 2.75) is 36.8 Å². The maximum Gasteiger partial charge on any atom is 0.427 e. The zero-order chi connectivity index (χ0) is 25.2. The highest BCUT2D eigenvalue weighted by atomic mass is 32.2. The van der Waals surface area contributed by atoms with E-state index in [-0.39, 0.29) is 22.2 Å². The molecule has 1 N–H and O–H groups in total. The quantitative estimate of drug-likeness (QED) is 0.470. The summed E-state index contributed by atoms with van der Waals surface area (Å²) in [7, 11) is -5.11. The standard InChI is InChI=1S/C23H23F2N3O5S2/c1-15(16-5-3-2-4-6-16)27-9-7-17(8-10-27)33-18-11-19(24)22(20(25)12-18)35(31,32)28(23(29)30)21-13-34-14-26-21/h2-6,11-15,17H,7-10H2,1H3,(H,29,30). The SMILES string of the molecule is CC(c1ccccc1)N1CCC(Oc2cc(F)c(S(=O)(=O)N(C(=O)O)c3cscn3)c(F)c2)CC1. The van der Waals surface area contributed by atoms with Crippen LogP contribution in [0.1, 0.15) is 31.4 Å². The van der Waals surface area contributed by atoms with Crippen molar-refractivity contribution >= 4 is 33.3 Å². The van der Waals surface area contributed by atoms with E-state index in [1.165, 1.54) is 11.1 Å². The Morgan fingerprint density at radius 2 is 1.83 bits per heavy atom. The zero-order valence-electron chi connectivity index (χ0n) is 18.7. The summed E-state index contributed by atoms with van der Waals surface area (Å²) in [5.41, 5.74) is 2.40. The minimum Gasteiger partial charge on any atom is -0.490 e. The molecule has 35 heavy (non-hydrogen) atoms. The largest absolute Gasteiger partial charge is 0.490 e. The number of rotatable bonds is 7. The molecule has 2 aromatic carbocycles. The smallest absolute Gasteiger partial charge is 0.427 e. The maximum atomic E-state index is 14.8. The van der Waals surface area contributed by atoms with Gasteiger partial charge in [0.2, 0.25) is 0 Å². The van der Waals surface area contributed by atoms with Gasteiger partial charge in [0, 0.05) is 36.6 Å². The summed E-state index contributed by atoms with van der Waals surface area (Å²) >= 11 is 0.936. The van der Waals surface area contributed by atoms with Gasteiger partial charge in [-0.15, -0.1) is 15.6 Å². The third-order valence-electron chi connectivity index (χ3n) is 5.88. The lowest BCUT2D eigenvalue weighted by Crippen LogP contribution is -2.39. The highest BCUT2D eigenvalue weighted by Gasteiger charge is 2.37. The number of hydrogen-bond donors (Lipinski definition) is 1. The van der Waals surface area contributed by atoms with E-state index in [9.17, 15) is 27.1 Å². The van der Waals surface area contributed by atoms with Crippen LogP contribution >= 0.6 is 11.3 Å². The average molecular weight is 524 g/mol. The Kier molecular flexibility index (Phi) is 7.33. The molecule has 1 saturated heterocycles. The van der Waals surface area contributed by atoms with Crippen LogP contribution < -0.4 is 9.04 Å². The molecule has 1 fully saturated rings. The van der Waals surface area contributed by atoms with Crippen LogP contribution in [0.25, 0.3) is 0 Å². The van der Waals surface area contributed by atoms with Crippen molar-refractivity contribution in [3.05, 3.63) is 70.6 Å². The first-order chi connectivity index (χ1) is 16.7. The molecule has 4 rings (SSSR count). The van der Waals surface area contributed by atoms with E-state index in [0.717, 1.165) is 41.9 Å². The molecule has 8 nitrogen and oxygen atoms in total. The highest BCUT2D eigenvalue weighted by Crippen LogP contribution is 2.32. The number of carboxylic acid groups (broad SMARTS) is 1. The number of nitrogens with zero attached hydrogens (tertiary/aromatic N) is 3. The normalized spacial score (nSPS) is 16.1. The molecule has 2 heterocycles. The van der Waals surface area contributed by atoms with Gasteiger partial charge < -0.3 is 9.84 Å². The summed E-state index contributed by atoms with van der Waals surface area (Å²) in [4.78, 5) is 16.1. The molecule has 0 aliphatic carbocycles. The van der Waals surface area contributed by atoms with Gasteiger partial charge >= 0.3 is 6.09 Å². The fourth-order valence-electron chi connectivity index (χ4n) is 4.09. The van der Waals surface area contributed by atoms with Crippen LogP contribution in [0.4, 0.5) is 19.4 Å². The van der Waals surface area contributed by atoms with Gasteiger partial charge in [-0.1, -0.05) is 30.3 Å². The monoisotopic (exact) mass is 523 g/mol. The van der Waals surface area contributed by atoms with Crippen molar-refractivity contribution in [2.24, 2.45) is 0 Å². The van der Waals surface area contributed by atoms with E-state index in [0.29, 0.717) is 12.8 Å². The lowest BCUT2D eigenvalue weighted by atomic mass is 10.0. The number of amides is 1. The Morgan fingerprint density at radius 1 is 1.20 bits per heavy atom. The number of carbonyl (C=O) groups is 1. The lowest BCUT2D eigenvalue weighted by molar-refractivity contribution is 0.0792. The van der Waals surface area contributed by atoms with E-state index in [1.807, 2.05) is 18.2 Å². The highest BCUT2D eigenvalue weighted by molar-refractivity contribution is 7.93. The summed E-state index contributed by atoms with van der Waals surface area (Å²) in [5, 5.41) is 10.5. The molecule has 3 aromatic rings. The first-order valence-electron chi connectivity index (χ1n) is 10.8. The number of likely N-dealkylation sites (tertiary alicyclic amines) is 1. The molecule has 0 bridgehead atoms. The van der Waals surface area contributed by atoms with Crippen LogP contribution in [0, 0.1) is 11.6 Å². The molecule has 0 spiro atoms. The molecule has 1 aliphatic heterocycles. The summed E-state index contributed by atoms with van der Waals surface area (Å²) < 4.78 is 60.9. The Morgan fingerprint density at radius 3 is 2.37 bits per heavy atom. The number of thiazole rings is 1. The molecule has 1 unspecified atom stereocenters. The second kappa shape index (κ2) is 10.3. The number of aromatic nitrogens is 1. The van der Waals surface area contributed by atoms with Gasteiger partial charge in [-0.2, -0.15) is 0 Å². The third kappa shape index (κ3) is 5.29. The van der Waals surface area contributed by atoms with E-state index in [4.69, 9.17) is 4.74 Å². The van der Waals surface area contributed by atoms with Gasteiger partial charge in [-0.3, -0.25) is 4.90 Å². The Labute approximate surface area is 205 Å². The fourth-order valence-corrected chi connectivity index (χ4v) is 6.02. The van der Waals surface area contributed by atoms with Gasteiger partial charge in [0.25, 0.3) is 10.0 Å². The van der Waals surface area contributed by atoms with Crippen LogP contribution in [0.5, 0.6) is 5.75 Å². The van der Waals surface area contributed by atoms with Gasteiger partial charge in [-0.25, -0.2) is 27.0 Å². The summed E-state index contributed by atoms with van der Waals surface area (Å²) in [5.74, 6) is -3.53. The number of halogens is 2. The summed E-state index contributed by atoms with van der Waals surface area (Å²) in [6.07, 6.45) is -0.999. The minimum absolute atomic E-state index is 0.158. The number of anilines is 1. The Balaban J connectivity index is 1.47. The molecule has 1 amide bonds. The van der Waals surface area contributed by atoms with Crippen molar-refractivity contribution < 1.29 is 31.8 Å². The maximum absolute atomic E-state index is 14.8. The molecule has 0 radical (unpaired) electrons. The minimum atomic E-state index is -5.11. The number of hydrogen-bond acceptors (Lipinski definition) is 7. The molecule has 12 heteroatoms. The van der Waals surface area contributed by atoms with Crippen molar-refractivity contribution in [2.75, 3.05) is 17.4 Å². The number of piperidine rings is 1. The second-order valence-corrected chi connectivity index (χ2v) is 10.5. The zero-order valence-corrected chi connectivity index (χ0v) is 20.3. The Bertz CT molecular complexity index is 1260. The van der Waals surface area contributed by atoms with Crippen LogP contribution in [0.2, 0.25) is 0 Å². The number of benzene rings is 2. The van der Waals surface area contributed by atoms with E-state index in [1.54, 1.807) is 0 Å². The predicted molar refractivity (Wildman–Crippen MR) is 126 cm³/mol. The van der Waals surface area contributed by atoms with Gasteiger partial charge in [-0.05, 0) is 25.3 Å². The number of ether oxygens (including phenoxy) is 1. The van der Waals surface area contributed by atoms with Crippen LogP contribution in [0.15, 0.2) is 58.3 Å². The van der Waals surface area contributed by atoms with Crippen LogP contribution in [-0.4, -0.2) is 48.7 Å². The first-order valence-corrected chi connectivity index (χ1v) is 13.2. The number of sulfonamides is 1. The van der Waals surface area contributed by atoms with Crippen LogP contribution in [-0.2, 0) is 10.0 Å². The van der Waals surface area contributed by atoms with Gasteiger partial charge in [0.15, 0.2) is 10.7 Å². The van der Waals surface area contributed by atoms with Crippen molar-refractivity contribution in [1.29, 1.82) is 0 Å². The van der Waals surface area contributed by atoms with E-state index in [2.05, 4.69) is 28.9 Å². The third-order valence-corrected chi connectivity index (χ3v) is 8.18. The average Bonchev–Trinajstić information content (AvgIpc) is 3.32. The summed E-state index contributed by atoms with van der Waals surface area (Å²) in [6, 6.07) is 11.8. The van der Waals surface area contributed by atoms with E-state index >= 15 is 0 Å². The van der Waals surface area contributed by atoms with Crippen molar-refractivity contribution in [1.82, 2.24) is 9.88 Å². The van der Waals surface area contributed by atoms with Crippen molar-refractivity contribution in [3.8, 4) is 5.75 Å². The summed E-state index contributed by atoms with van der Waals surface area (Å²) in [6.45, 7) is 3.56. The molecule has 1 aromatic heterocycles. The molecular formula is C23H23F2N3O5S2. The van der Waals surface area contributed by atoms with Gasteiger partial charge in [0.05, 0.1) is 5.51 Å². The fraction of sp³-hybridized carbons (Fsp3) is 0.304. The van der Waals surface area contributed by atoms with Gasteiger partial charge in [0.1, 0.15) is 23.5 Å². The molecule has 1 aliphatic rings.